The molecule has 0 spiro atoms. The monoisotopic (exact) mass is 582 g/mol. The van der Waals surface area contributed by atoms with E-state index in [2.05, 4.69) is 23.8 Å². The van der Waals surface area contributed by atoms with Crippen LogP contribution in [0, 0.1) is 6.92 Å². The first-order valence-corrected chi connectivity index (χ1v) is 15.1. The summed E-state index contributed by atoms with van der Waals surface area (Å²) >= 11 is 0. The number of carbonyl (C=O) groups excluding carboxylic acids is 1. The number of amides is 1. The van der Waals surface area contributed by atoms with Gasteiger partial charge in [-0.25, -0.2) is 4.98 Å². The lowest BCUT2D eigenvalue weighted by Gasteiger charge is -2.28. The Bertz CT molecular complexity index is 1460. The number of carbonyl (C=O) groups is 1. The molecule has 2 aromatic carbocycles. The van der Waals surface area contributed by atoms with Gasteiger partial charge in [-0.05, 0) is 119 Å². The van der Waals surface area contributed by atoms with Crippen molar-refractivity contribution in [1.82, 2.24) is 14.8 Å². The summed E-state index contributed by atoms with van der Waals surface area (Å²) < 4.78 is 16.3. The molecular formula is C35H42N4O4. The van der Waals surface area contributed by atoms with E-state index in [0.717, 1.165) is 71.9 Å². The average molecular weight is 583 g/mol. The quantitative estimate of drug-likeness (QED) is 0.303. The number of allylic oxidation sites excluding steroid dienone is 2. The largest absolute Gasteiger partial charge is 0.497 e. The van der Waals surface area contributed by atoms with Gasteiger partial charge in [0, 0.05) is 30.0 Å². The van der Waals surface area contributed by atoms with E-state index in [9.17, 15) is 4.79 Å². The van der Waals surface area contributed by atoms with Crippen LogP contribution in [0.2, 0.25) is 0 Å². The Morgan fingerprint density at radius 3 is 2.30 bits per heavy atom. The number of likely N-dealkylation sites (tertiary alicyclic amines) is 2. The first-order chi connectivity index (χ1) is 20.9. The second kappa shape index (κ2) is 14.2. The maximum absolute atomic E-state index is 13.8. The number of rotatable bonds is 7. The van der Waals surface area contributed by atoms with Crippen LogP contribution in [0.25, 0.3) is 11.6 Å². The maximum Gasteiger partial charge on any atom is 0.254 e. The molecule has 3 aliphatic rings. The number of aromatic nitrogens is 1. The van der Waals surface area contributed by atoms with E-state index >= 15 is 0 Å². The molecular weight excluding hydrogens is 540 g/mol. The van der Waals surface area contributed by atoms with Gasteiger partial charge < -0.3 is 29.3 Å². The van der Waals surface area contributed by atoms with Crippen molar-refractivity contribution in [2.24, 2.45) is 0 Å². The minimum Gasteiger partial charge on any atom is -0.497 e. The molecule has 1 N–H and O–H groups in total. The van der Waals surface area contributed by atoms with E-state index in [0.29, 0.717) is 17.1 Å². The second-order valence-electron chi connectivity index (χ2n) is 11.1. The van der Waals surface area contributed by atoms with Crippen molar-refractivity contribution in [1.29, 1.82) is 0 Å². The first-order valence-electron chi connectivity index (χ1n) is 15.1. The summed E-state index contributed by atoms with van der Waals surface area (Å²) in [5.41, 5.74) is 4.80. The number of nitrogens with one attached hydrogen (secondary N) is 1. The number of hydrogen-bond donors (Lipinski definition) is 1. The number of hydrogen-bond acceptors (Lipinski definition) is 7. The Morgan fingerprint density at radius 2 is 1.65 bits per heavy atom. The Morgan fingerprint density at radius 1 is 0.953 bits per heavy atom. The van der Waals surface area contributed by atoms with Gasteiger partial charge in [0.15, 0.2) is 11.5 Å². The van der Waals surface area contributed by atoms with Crippen LogP contribution in [0.15, 0.2) is 61.2 Å². The predicted octanol–water partition coefficient (Wildman–Crippen LogP) is 6.94. The predicted molar refractivity (Wildman–Crippen MR) is 172 cm³/mol. The second-order valence-corrected chi connectivity index (χ2v) is 11.1. The van der Waals surface area contributed by atoms with E-state index in [1.165, 1.54) is 25.9 Å². The first kappa shape index (κ1) is 30.2. The van der Waals surface area contributed by atoms with Crippen LogP contribution in [-0.4, -0.2) is 67.8 Å². The molecule has 0 radical (unpaired) electrons. The smallest absolute Gasteiger partial charge is 0.254 e. The number of ether oxygens (including phenoxy) is 3. The molecule has 0 unspecified atom stereocenters. The van der Waals surface area contributed by atoms with E-state index < -0.39 is 0 Å². The van der Waals surface area contributed by atoms with Crippen LogP contribution < -0.4 is 19.5 Å². The van der Waals surface area contributed by atoms with Crippen LogP contribution in [0.5, 0.6) is 17.2 Å². The number of benzene rings is 2. The highest BCUT2D eigenvalue weighted by atomic mass is 16.7. The summed E-state index contributed by atoms with van der Waals surface area (Å²) in [6.07, 6.45) is 9.80. The third-order valence-corrected chi connectivity index (χ3v) is 8.04. The number of aryl methyl sites for hydroxylation is 1. The fourth-order valence-electron chi connectivity index (χ4n) is 5.56. The number of fused-ring (bicyclic) bond motifs is 1. The highest BCUT2D eigenvalue weighted by Gasteiger charge is 2.23. The van der Waals surface area contributed by atoms with Crippen molar-refractivity contribution >= 4 is 29.1 Å². The summed E-state index contributed by atoms with van der Waals surface area (Å²) in [7, 11) is 3.81. The minimum atomic E-state index is 0.0170. The minimum absolute atomic E-state index is 0.0170. The van der Waals surface area contributed by atoms with Gasteiger partial charge in [-0.2, -0.15) is 0 Å². The summed E-state index contributed by atoms with van der Waals surface area (Å²) in [6.45, 7) is 10.3. The molecule has 0 bridgehead atoms. The fraction of sp³-hybridized carbons (Fsp3) is 0.371. The molecule has 0 aliphatic carbocycles. The van der Waals surface area contributed by atoms with Gasteiger partial charge >= 0.3 is 0 Å². The van der Waals surface area contributed by atoms with Crippen molar-refractivity contribution in [2.75, 3.05) is 52.4 Å². The van der Waals surface area contributed by atoms with Crippen LogP contribution in [0.3, 0.4) is 0 Å². The SMILES string of the molecule is C=C/C(=C\c1c(C(=O)N2CCCCC2)cc(Nc2ccc(OC)cc2)nc1C)c1ccc2c(c1)OCO2.CN1CCCC1. The van der Waals surface area contributed by atoms with Gasteiger partial charge in [-0.3, -0.25) is 4.79 Å². The van der Waals surface area contributed by atoms with Gasteiger partial charge in [0.05, 0.1) is 12.7 Å². The van der Waals surface area contributed by atoms with Gasteiger partial charge in [0.1, 0.15) is 11.6 Å². The molecule has 3 aromatic rings. The topological polar surface area (TPSA) is 76.2 Å². The van der Waals surface area contributed by atoms with Gasteiger partial charge in [0.25, 0.3) is 5.91 Å². The molecule has 1 amide bonds. The Hall–Kier alpha value is -4.30. The standard InChI is InChI=1S/C30H31N3O4.C5H11N/c1-4-21(22-8-13-27-28(17-22)37-19-36-27)16-25-20(2)31-29(32-23-9-11-24(35-3)12-10-23)18-26(25)30(34)33-14-6-5-7-15-33;1-6-4-2-3-5-6/h4,8-13,16-18H,1,5-7,14-15,19H2,2-3H3,(H,31,32);2-5H2,1H3/b21-16+;. The highest BCUT2D eigenvalue weighted by molar-refractivity contribution is 6.02. The molecule has 0 saturated carbocycles. The van der Waals surface area contributed by atoms with Crippen molar-refractivity contribution in [2.45, 2.75) is 39.0 Å². The normalized spacial score (nSPS) is 16.3. The van der Waals surface area contributed by atoms with Gasteiger partial charge in [-0.15, -0.1) is 0 Å². The molecule has 226 valence electrons. The van der Waals surface area contributed by atoms with E-state index in [1.807, 2.05) is 66.4 Å². The molecule has 2 fully saturated rings. The van der Waals surface area contributed by atoms with E-state index in [4.69, 9.17) is 19.2 Å². The molecule has 1 aromatic heterocycles. The number of piperidine rings is 1. The third-order valence-electron chi connectivity index (χ3n) is 8.04. The lowest BCUT2D eigenvalue weighted by atomic mass is 9.97. The molecule has 0 atom stereocenters. The van der Waals surface area contributed by atoms with Crippen LogP contribution in [-0.2, 0) is 0 Å². The van der Waals surface area contributed by atoms with Crippen LogP contribution in [0.1, 0.15) is 59.3 Å². The summed E-state index contributed by atoms with van der Waals surface area (Å²) in [4.78, 5) is 22.9. The Labute approximate surface area is 255 Å². The fourth-order valence-corrected chi connectivity index (χ4v) is 5.56. The number of anilines is 2. The summed E-state index contributed by atoms with van der Waals surface area (Å²) in [5.74, 6) is 2.83. The number of nitrogens with zero attached hydrogens (tertiary/aromatic N) is 3. The molecule has 8 nitrogen and oxygen atoms in total. The van der Waals surface area contributed by atoms with Crippen molar-refractivity contribution in [3.8, 4) is 17.2 Å². The Balaban J connectivity index is 0.000000548. The zero-order chi connectivity index (χ0) is 30.2. The number of methoxy groups -OCH3 is 1. The number of pyridine rings is 1. The van der Waals surface area contributed by atoms with Crippen molar-refractivity contribution in [3.63, 3.8) is 0 Å². The molecule has 8 heteroatoms. The molecule has 6 rings (SSSR count). The van der Waals surface area contributed by atoms with Crippen molar-refractivity contribution in [3.05, 3.63) is 83.6 Å². The Kier molecular flexibility index (Phi) is 10.00. The lowest BCUT2D eigenvalue weighted by molar-refractivity contribution is 0.0724. The van der Waals surface area contributed by atoms with Crippen LogP contribution in [0.4, 0.5) is 11.5 Å². The third kappa shape index (κ3) is 7.56. The van der Waals surface area contributed by atoms with Crippen LogP contribution >= 0.6 is 0 Å². The molecule has 43 heavy (non-hydrogen) atoms. The van der Waals surface area contributed by atoms with Gasteiger partial charge in [0.2, 0.25) is 6.79 Å². The van der Waals surface area contributed by atoms with Gasteiger partial charge in [-0.1, -0.05) is 18.7 Å². The summed E-state index contributed by atoms with van der Waals surface area (Å²) in [6, 6.07) is 15.3. The van der Waals surface area contributed by atoms with E-state index in [-0.39, 0.29) is 12.7 Å². The maximum atomic E-state index is 13.8. The zero-order valence-electron chi connectivity index (χ0n) is 25.5. The lowest BCUT2D eigenvalue weighted by Crippen LogP contribution is -2.36. The van der Waals surface area contributed by atoms with E-state index in [1.54, 1.807) is 13.2 Å². The zero-order valence-corrected chi connectivity index (χ0v) is 25.5. The molecule has 3 aliphatic heterocycles. The molecule has 4 heterocycles. The molecule has 2 saturated heterocycles. The van der Waals surface area contributed by atoms with Crippen molar-refractivity contribution < 1.29 is 19.0 Å². The average Bonchev–Trinajstić information content (AvgIpc) is 3.72. The summed E-state index contributed by atoms with van der Waals surface area (Å²) in [5, 5.41) is 3.34. The highest BCUT2D eigenvalue weighted by Crippen LogP contribution is 2.36.